The Kier molecular flexibility index (Phi) is 5.85. The number of ether oxygens (including phenoxy) is 1. The Morgan fingerprint density at radius 2 is 1.69 bits per heavy atom. The molecule has 0 heterocycles. The highest BCUT2D eigenvalue weighted by Gasteiger charge is 2.24. The lowest BCUT2D eigenvalue weighted by atomic mass is 9.90. The standard InChI is InChI=1S/C13H26N2O/c1-5-16-11-10-15(4)13-8-6-12(7-9-13)14(2)3/h5,12-13H,1,6-11H2,2-4H3. The first kappa shape index (κ1) is 13.5. The molecule has 0 unspecified atom stereocenters. The minimum Gasteiger partial charge on any atom is -0.500 e. The maximum absolute atomic E-state index is 5.17. The lowest BCUT2D eigenvalue weighted by Crippen LogP contribution is -2.41. The van der Waals surface area contributed by atoms with Crippen molar-refractivity contribution in [2.75, 3.05) is 34.3 Å². The van der Waals surface area contributed by atoms with Gasteiger partial charge in [-0.15, -0.1) is 0 Å². The molecule has 3 nitrogen and oxygen atoms in total. The van der Waals surface area contributed by atoms with E-state index >= 15 is 0 Å². The van der Waals surface area contributed by atoms with E-state index in [1.165, 1.54) is 31.9 Å². The van der Waals surface area contributed by atoms with E-state index in [1.807, 2.05) is 0 Å². The van der Waals surface area contributed by atoms with Crippen molar-refractivity contribution in [3.05, 3.63) is 12.8 Å². The van der Waals surface area contributed by atoms with Gasteiger partial charge in [0.15, 0.2) is 0 Å². The summed E-state index contributed by atoms with van der Waals surface area (Å²) in [6, 6.07) is 1.53. The van der Waals surface area contributed by atoms with Gasteiger partial charge in [0.25, 0.3) is 0 Å². The summed E-state index contributed by atoms with van der Waals surface area (Å²) >= 11 is 0. The van der Waals surface area contributed by atoms with E-state index in [4.69, 9.17) is 4.74 Å². The molecule has 94 valence electrons. The van der Waals surface area contributed by atoms with Crippen LogP contribution in [0.25, 0.3) is 0 Å². The highest BCUT2D eigenvalue weighted by Crippen LogP contribution is 2.24. The summed E-state index contributed by atoms with van der Waals surface area (Å²) < 4.78 is 5.17. The van der Waals surface area contributed by atoms with Crippen LogP contribution in [0.3, 0.4) is 0 Å². The van der Waals surface area contributed by atoms with Crippen LogP contribution in [0.1, 0.15) is 25.7 Å². The molecule has 0 aromatic heterocycles. The van der Waals surface area contributed by atoms with Crippen molar-refractivity contribution < 1.29 is 4.74 Å². The van der Waals surface area contributed by atoms with Crippen LogP contribution < -0.4 is 0 Å². The van der Waals surface area contributed by atoms with Crippen LogP contribution in [0.5, 0.6) is 0 Å². The predicted octanol–water partition coefficient (Wildman–Crippen LogP) is 1.95. The monoisotopic (exact) mass is 226 g/mol. The zero-order chi connectivity index (χ0) is 12.0. The number of rotatable bonds is 6. The van der Waals surface area contributed by atoms with E-state index < -0.39 is 0 Å². The molecule has 0 amide bonds. The van der Waals surface area contributed by atoms with Gasteiger partial charge in [-0.05, 0) is 46.8 Å². The molecule has 0 aliphatic heterocycles. The Morgan fingerprint density at radius 3 is 2.19 bits per heavy atom. The Morgan fingerprint density at radius 1 is 1.12 bits per heavy atom. The van der Waals surface area contributed by atoms with E-state index in [9.17, 15) is 0 Å². The molecular formula is C13H26N2O. The molecule has 0 aromatic rings. The fourth-order valence-corrected chi connectivity index (χ4v) is 2.48. The average molecular weight is 226 g/mol. The van der Waals surface area contributed by atoms with Gasteiger partial charge in [0.05, 0.1) is 12.9 Å². The topological polar surface area (TPSA) is 15.7 Å². The van der Waals surface area contributed by atoms with Crippen molar-refractivity contribution in [2.24, 2.45) is 0 Å². The molecule has 1 fully saturated rings. The van der Waals surface area contributed by atoms with Gasteiger partial charge in [0.2, 0.25) is 0 Å². The van der Waals surface area contributed by atoms with Gasteiger partial charge in [-0.3, -0.25) is 0 Å². The fourth-order valence-electron chi connectivity index (χ4n) is 2.48. The smallest absolute Gasteiger partial charge is 0.0999 e. The molecule has 1 aliphatic carbocycles. The maximum Gasteiger partial charge on any atom is 0.0999 e. The second-order valence-electron chi connectivity index (χ2n) is 4.94. The third-order valence-electron chi connectivity index (χ3n) is 3.70. The van der Waals surface area contributed by atoms with Crippen LogP contribution >= 0.6 is 0 Å². The van der Waals surface area contributed by atoms with Crippen LogP contribution in [-0.4, -0.2) is 56.2 Å². The maximum atomic E-state index is 5.17. The predicted molar refractivity (Wildman–Crippen MR) is 68.5 cm³/mol. The summed E-state index contributed by atoms with van der Waals surface area (Å²) in [5, 5.41) is 0. The zero-order valence-corrected chi connectivity index (χ0v) is 11.0. The molecule has 0 aromatic carbocycles. The van der Waals surface area contributed by atoms with Crippen molar-refractivity contribution in [1.82, 2.24) is 9.80 Å². The van der Waals surface area contributed by atoms with Crippen molar-refractivity contribution in [1.29, 1.82) is 0 Å². The zero-order valence-electron chi connectivity index (χ0n) is 11.0. The first-order chi connectivity index (χ1) is 7.65. The summed E-state index contributed by atoms with van der Waals surface area (Å²) in [5.74, 6) is 0. The highest BCUT2D eigenvalue weighted by molar-refractivity contribution is 4.81. The lowest BCUT2D eigenvalue weighted by molar-refractivity contribution is 0.115. The minimum absolute atomic E-state index is 0.740. The van der Waals surface area contributed by atoms with Crippen LogP contribution in [0.2, 0.25) is 0 Å². The highest BCUT2D eigenvalue weighted by atomic mass is 16.5. The lowest BCUT2D eigenvalue weighted by Gasteiger charge is -2.36. The Labute approximate surface area is 100 Å². The van der Waals surface area contributed by atoms with E-state index in [0.717, 1.165) is 25.2 Å². The molecule has 3 heteroatoms. The second kappa shape index (κ2) is 6.92. The molecule has 1 rings (SSSR count). The van der Waals surface area contributed by atoms with E-state index in [0.29, 0.717) is 0 Å². The number of hydrogen-bond acceptors (Lipinski definition) is 3. The summed E-state index contributed by atoms with van der Waals surface area (Å²) in [6.45, 7) is 5.31. The molecule has 0 N–H and O–H groups in total. The molecule has 16 heavy (non-hydrogen) atoms. The van der Waals surface area contributed by atoms with Crippen molar-refractivity contribution in [3.63, 3.8) is 0 Å². The first-order valence-electron chi connectivity index (χ1n) is 6.24. The molecule has 0 radical (unpaired) electrons. The minimum atomic E-state index is 0.740. The van der Waals surface area contributed by atoms with Gasteiger partial charge >= 0.3 is 0 Å². The first-order valence-corrected chi connectivity index (χ1v) is 6.24. The van der Waals surface area contributed by atoms with Crippen molar-refractivity contribution in [2.45, 2.75) is 37.8 Å². The normalized spacial score (nSPS) is 26.1. The molecular weight excluding hydrogens is 200 g/mol. The Hall–Kier alpha value is -0.540. The van der Waals surface area contributed by atoms with Gasteiger partial charge in [-0.2, -0.15) is 0 Å². The Bertz CT molecular complexity index is 198. The van der Waals surface area contributed by atoms with Crippen LogP contribution in [0, 0.1) is 0 Å². The quantitative estimate of drug-likeness (QED) is 0.508. The summed E-state index contributed by atoms with van der Waals surface area (Å²) in [5.41, 5.74) is 0. The van der Waals surface area contributed by atoms with Crippen LogP contribution in [0.15, 0.2) is 12.8 Å². The fraction of sp³-hybridized carbons (Fsp3) is 0.846. The van der Waals surface area contributed by atoms with Gasteiger partial charge in [0.1, 0.15) is 0 Å². The van der Waals surface area contributed by atoms with Gasteiger partial charge in [0, 0.05) is 18.6 Å². The number of likely N-dealkylation sites (N-methyl/N-ethyl adjacent to an activating group) is 1. The van der Waals surface area contributed by atoms with Crippen molar-refractivity contribution >= 4 is 0 Å². The SMILES string of the molecule is C=COCCN(C)C1CCC(N(C)C)CC1. The summed E-state index contributed by atoms with van der Waals surface area (Å²) in [6.07, 6.45) is 6.80. The third kappa shape index (κ3) is 4.14. The van der Waals surface area contributed by atoms with Gasteiger partial charge in [-0.1, -0.05) is 6.58 Å². The van der Waals surface area contributed by atoms with Crippen LogP contribution in [0.4, 0.5) is 0 Å². The van der Waals surface area contributed by atoms with Crippen molar-refractivity contribution in [3.8, 4) is 0 Å². The molecule has 0 saturated heterocycles. The van der Waals surface area contributed by atoms with Gasteiger partial charge < -0.3 is 14.5 Å². The number of nitrogens with zero attached hydrogens (tertiary/aromatic N) is 2. The molecule has 0 spiro atoms. The van der Waals surface area contributed by atoms with E-state index in [-0.39, 0.29) is 0 Å². The largest absolute Gasteiger partial charge is 0.500 e. The summed E-state index contributed by atoms with van der Waals surface area (Å²) in [7, 11) is 6.58. The number of hydrogen-bond donors (Lipinski definition) is 0. The van der Waals surface area contributed by atoms with E-state index in [1.54, 1.807) is 0 Å². The molecule has 1 aliphatic rings. The van der Waals surface area contributed by atoms with Gasteiger partial charge in [-0.25, -0.2) is 0 Å². The van der Waals surface area contributed by atoms with E-state index in [2.05, 4.69) is 37.5 Å². The Balaban J connectivity index is 2.22. The second-order valence-corrected chi connectivity index (χ2v) is 4.94. The molecule has 0 atom stereocenters. The summed E-state index contributed by atoms with van der Waals surface area (Å²) in [4.78, 5) is 4.78. The average Bonchev–Trinajstić information content (AvgIpc) is 2.29. The van der Waals surface area contributed by atoms with Crippen LogP contribution in [-0.2, 0) is 4.74 Å². The molecule has 0 bridgehead atoms. The third-order valence-corrected chi connectivity index (χ3v) is 3.70. The molecule has 1 saturated carbocycles.